The first kappa shape index (κ1) is 16.8. The van der Waals surface area contributed by atoms with E-state index < -0.39 is 0 Å². The molecule has 3 rings (SSSR count). The van der Waals surface area contributed by atoms with Gasteiger partial charge in [0, 0.05) is 10.9 Å². The van der Waals surface area contributed by atoms with Crippen LogP contribution < -0.4 is 10.2 Å². The number of anilines is 1. The van der Waals surface area contributed by atoms with Crippen molar-refractivity contribution in [2.45, 2.75) is 20.8 Å². The third-order valence-corrected chi connectivity index (χ3v) is 4.09. The zero-order valence-corrected chi connectivity index (χ0v) is 14.8. The molecule has 25 heavy (non-hydrogen) atoms. The molecule has 0 unspecified atom stereocenters. The number of ether oxygens (including phenoxy) is 1. The van der Waals surface area contributed by atoms with Gasteiger partial charge >= 0.3 is 0 Å². The smallest absolute Gasteiger partial charge is 0.166 e. The van der Waals surface area contributed by atoms with Crippen LogP contribution in [0, 0.1) is 20.8 Å². The van der Waals surface area contributed by atoms with Crippen LogP contribution in [0.3, 0.4) is 0 Å². The third-order valence-electron chi connectivity index (χ3n) is 4.09. The van der Waals surface area contributed by atoms with Gasteiger partial charge in [-0.1, -0.05) is 17.7 Å². The summed E-state index contributed by atoms with van der Waals surface area (Å²) < 4.78 is 5.09. The number of aromatic nitrogens is 1. The van der Waals surface area contributed by atoms with E-state index in [2.05, 4.69) is 48.4 Å². The number of nitrogens with one attached hydrogen (secondary N) is 1. The molecular formula is C20H21N3O2. The molecule has 3 aromatic rings. The zero-order valence-electron chi connectivity index (χ0n) is 14.8. The number of hydrogen-bond acceptors (Lipinski definition) is 5. The summed E-state index contributed by atoms with van der Waals surface area (Å²) in [7, 11) is 1.51. The minimum absolute atomic E-state index is 0.0597. The summed E-state index contributed by atoms with van der Waals surface area (Å²) in [5.74, 6) is 1.13. The van der Waals surface area contributed by atoms with Gasteiger partial charge in [0.15, 0.2) is 11.5 Å². The standard InChI is InChI=1S/C20H21N3O2/c1-12-8-14(3)19-16(9-12)13(2)10-18(22-19)23-21-11-15-6-5-7-17(25-4)20(15)24/h5-11,24H,1-4H3,(H,22,23). The second-order valence-electron chi connectivity index (χ2n) is 6.07. The molecule has 0 saturated heterocycles. The normalized spacial score (nSPS) is 11.2. The molecule has 0 radical (unpaired) electrons. The minimum atomic E-state index is 0.0597. The molecule has 128 valence electrons. The van der Waals surface area contributed by atoms with E-state index in [-0.39, 0.29) is 5.75 Å². The van der Waals surface area contributed by atoms with Crippen molar-refractivity contribution in [3.05, 3.63) is 58.7 Å². The number of methoxy groups -OCH3 is 1. The van der Waals surface area contributed by atoms with Gasteiger partial charge in [0.1, 0.15) is 5.82 Å². The van der Waals surface area contributed by atoms with E-state index in [1.54, 1.807) is 24.4 Å². The molecule has 0 amide bonds. The van der Waals surface area contributed by atoms with Crippen LogP contribution in [-0.4, -0.2) is 23.4 Å². The molecule has 0 atom stereocenters. The van der Waals surface area contributed by atoms with Crippen molar-refractivity contribution in [3.8, 4) is 11.5 Å². The van der Waals surface area contributed by atoms with Gasteiger partial charge in [-0.2, -0.15) is 5.10 Å². The lowest BCUT2D eigenvalue weighted by molar-refractivity contribution is 0.373. The third kappa shape index (κ3) is 3.40. The molecule has 2 N–H and O–H groups in total. The van der Waals surface area contributed by atoms with Crippen LogP contribution in [0.4, 0.5) is 5.82 Å². The van der Waals surface area contributed by atoms with Crippen LogP contribution in [0.1, 0.15) is 22.3 Å². The highest BCUT2D eigenvalue weighted by Gasteiger charge is 2.07. The average molecular weight is 335 g/mol. The molecule has 0 aliphatic heterocycles. The number of rotatable bonds is 4. The van der Waals surface area contributed by atoms with Crippen LogP contribution in [-0.2, 0) is 0 Å². The fourth-order valence-electron chi connectivity index (χ4n) is 2.88. The van der Waals surface area contributed by atoms with Crippen LogP contribution in [0.5, 0.6) is 11.5 Å². The minimum Gasteiger partial charge on any atom is -0.504 e. The molecule has 5 heteroatoms. The highest BCUT2D eigenvalue weighted by atomic mass is 16.5. The summed E-state index contributed by atoms with van der Waals surface area (Å²) >= 11 is 0. The Morgan fingerprint density at radius 3 is 2.68 bits per heavy atom. The van der Waals surface area contributed by atoms with Crippen molar-refractivity contribution in [2.24, 2.45) is 5.10 Å². The van der Waals surface area contributed by atoms with E-state index in [9.17, 15) is 5.11 Å². The number of aryl methyl sites for hydroxylation is 3. The van der Waals surface area contributed by atoms with Crippen LogP contribution in [0.2, 0.25) is 0 Å². The van der Waals surface area contributed by atoms with Crippen molar-refractivity contribution < 1.29 is 9.84 Å². The first-order chi connectivity index (χ1) is 12.0. The molecule has 2 aromatic carbocycles. The van der Waals surface area contributed by atoms with Gasteiger partial charge in [-0.3, -0.25) is 5.43 Å². The Morgan fingerprint density at radius 2 is 1.92 bits per heavy atom. The van der Waals surface area contributed by atoms with Crippen molar-refractivity contribution in [1.82, 2.24) is 4.98 Å². The Hall–Kier alpha value is -3.08. The van der Waals surface area contributed by atoms with Gasteiger partial charge in [-0.05, 0) is 56.2 Å². The van der Waals surface area contributed by atoms with Gasteiger partial charge in [0.05, 0.1) is 18.8 Å². The lowest BCUT2D eigenvalue weighted by Gasteiger charge is -2.09. The summed E-state index contributed by atoms with van der Waals surface area (Å²) in [6, 6.07) is 11.5. The maximum Gasteiger partial charge on any atom is 0.166 e. The molecule has 0 saturated carbocycles. The van der Waals surface area contributed by atoms with Crippen molar-refractivity contribution in [3.63, 3.8) is 0 Å². The summed E-state index contributed by atoms with van der Waals surface area (Å²) in [6.45, 7) is 6.21. The molecule has 0 fully saturated rings. The fourth-order valence-corrected chi connectivity index (χ4v) is 2.88. The predicted octanol–water partition coefficient (Wildman–Crippen LogP) is 4.32. The number of pyridine rings is 1. The van der Waals surface area contributed by atoms with E-state index in [1.165, 1.54) is 12.7 Å². The molecule has 5 nitrogen and oxygen atoms in total. The van der Waals surface area contributed by atoms with E-state index in [0.717, 1.165) is 22.0 Å². The number of aromatic hydroxyl groups is 1. The molecule has 1 aromatic heterocycles. The van der Waals surface area contributed by atoms with Crippen molar-refractivity contribution in [1.29, 1.82) is 0 Å². The van der Waals surface area contributed by atoms with Gasteiger partial charge in [0.25, 0.3) is 0 Å². The fraction of sp³-hybridized carbons (Fsp3) is 0.200. The maximum absolute atomic E-state index is 10.1. The Labute approximate surface area is 147 Å². The number of nitrogens with zero attached hydrogens (tertiary/aromatic N) is 2. The Balaban J connectivity index is 1.89. The Bertz CT molecular complexity index is 965. The average Bonchev–Trinajstić information content (AvgIpc) is 2.57. The summed E-state index contributed by atoms with van der Waals surface area (Å²) in [5.41, 5.74) is 7.97. The van der Waals surface area contributed by atoms with Crippen molar-refractivity contribution in [2.75, 3.05) is 12.5 Å². The molecule has 0 aliphatic carbocycles. The summed E-state index contributed by atoms with van der Waals surface area (Å²) in [6.07, 6.45) is 1.54. The maximum atomic E-state index is 10.1. The molecule has 0 bridgehead atoms. The highest BCUT2D eigenvalue weighted by molar-refractivity contribution is 5.88. The topological polar surface area (TPSA) is 66.7 Å². The molecular weight excluding hydrogens is 314 g/mol. The molecule has 0 spiro atoms. The van der Waals surface area contributed by atoms with Crippen molar-refractivity contribution >= 4 is 22.9 Å². The van der Waals surface area contributed by atoms with Gasteiger partial charge in [-0.15, -0.1) is 0 Å². The van der Waals surface area contributed by atoms with Gasteiger partial charge in [-0.25, -0.2) is 4.98 Å². The number of phenolic OH excluding ortho intramolecular Hbond substituents is 1. The summed E-state index contributed by atoms with van der Waals surface area (Å²) in [5, 5.41) is 15.4. The number of benzene rings is 2. The van der Waals surface area contributed by atoms with Crippen LogP contribution in [0.25, 0.3) is 10.9 Å². The SMILES string of the molecule is COc1cccc(C=NNc2cc(C)c3cc(C)cc(C)c3n2)c1O. The highest BCUT2D eigenvalue weighted by Crippen LogP contribution is 2.28. The second kappa shape index (κ2) is 6.81. The quantitative estimate of drug-likeness (QED) is 0.550. The van der Waals surface area contributed by atoms with E-state index in [0.29, 0.717) is 17.1 Å². The first-order valence-corrected chi connectivity index (χ1v) is 8.03. The van der Waals surface area contributed by atoms with Crippen LogP contribution in [0.15, 0.2) is 41.5 Å². The van der Waals surface area contributed by atoms with Gasteiger partial charge < -0.3 is 9.84 Å². The van der Waals surface area contributed by atoms with E-state index in [1.807, 2.05) is 6.07 Å². The lowest BCUT2D eigenvalue weighted by Crippen LogP contribution is -1.97. The largest absolute Gasteiger partial charge is 0.504 e. The molecule has 1 heterocycles. The summed E-state index contributed by atoms with van der Waals surface area (Å²) in [4.78, 5) is 4.65. The molecule has 0 aliphatic rings. The Morgan fingerprint density at radius 1 is 1.12 bits per heavy atom. The van der Waals surface area contributed by atoms with E-state index in [4.69, 9.17) is 4.74 Å². The van der Waals surface area contributed by atoms with E-state index >= 15 is 0 Å². The number of phenols is 1. The predicted molar refractivity (Wildman–Crippen MR) is 102 cm³/mol. The number of para-hydroxylation sites is 1. The van der Waals surface area contributed by atoms with Gasteiger partial charge in [0.2, 0.25) is 0 Å². The number of hydrogen-bond donors (Lipinski definition) is 2. The monoisotopic (exact) mass is 335 g/mol. The first-order valence-electron chi connectivity index (χ1n) is 8.03. The zero-order chi connectivity index (χ0) is 18.0. The lowest BCUT2D eigenvalue weighted by atomic mass is 10.0. The van der Waals surface area contributed by atoms with Crippen LogP contribution >= 0.6 is 0 Å². The second-order valence-corrected chi connectivity index (χ2v) is 6.07. The number of fused-ring (bicyclic) bond motifs is 1. The Kier molecular flexibility index (Phi) is 4.57. The number of hydrazone groups is 1.